The molecule has 0 spiro atoms. The lowest BCUT2D eigenvalue weighted by atomic mass is 10.5. The predicted octanol–water partition coefficient (Wildman–Crippen LogP) is 0.851. The number of rotatable bonds is 0. The summed E-state index contributed by atoms with van der Waals surface area (Å²) < 4.78 is 0. The van der Waals surface area contributed by atoms with Crippen LogP contribution < -0.4 is 0 Å². The summed E-state index contributed by atoms with van der Waals surface area (Å²) in [5.74, 6) is 0. The van der Waals surface area contributed by atoms with E-state index >= 15 is 0 Å². The summed E-state index contributed by atoms with van der Waals surface area (Å²) in [5.41, 5.74) is 0.167. The van der Waals surface area contributed by atoms with Crippen molar-refractivity contribution in [3.63, 3.8) is 0 Å². The largest absolute Gasteiger partial charge is 0.768 e. The highest BCUT2D eigenvalue weighted by Gasteiger charge is 1.53. The first kappa shape index (κ1) is 3.54. The molecule has 0 saturated carbocycles. The zero-order valence-corrected chi connectivity index (χ0v) is 2.65. The first-order valence-electron chi connectivity index (χ1n) is 1.08. The zero-order chi connectivity index (χ0) is 3.58. The third kappa shape index (κ3) is 2.12. The van der Waals surface area contributed by atoms with Crippen molar-refractivity contribution in [2.24, 2.45) is 0 Å². The number of nitrogens with zero attached hydrogens (tertiary/aromatic N) is 1. The minimum atomic E-state index is 0.167. The Morgan fingerprint density at radius 1 is 2.00 bits per heavy atom. The van der Waals surface area contributed by atoms with Crippen LogP contribution in [0.1, 0.15) is 6.92 Å². The Labute approximate surface area is 26.2 Å². The maximum absolute atomic E-state index is 7.86. The highest BCUT2D eigenvalue weighted by Crippen LogP contribution is 1.53. The van der Waals surface area contributed by atoms with Crippen LogP contribution in [0.3, 0.4) is 0 Å². The fourth-order valence-corrected chi connectivity index (χ4v) is 0. The smallest absolute Gasteiger partial charge is 0.0688 e. The van der Waals surface area contributed by atoms with E-state index in [4.69, 9.17) is 5.41 Å². The Hall–Kier alpha value is -0.460. The lowest BCUT2D eigenvalue weighted by Gasteiger charge is -1.71. The number of hydrogen-bond donors (Lipinski definition) is 0. The molecular weight excluding hydrogens is 50.0 g/mol. The molecule has 0 aliphatic carbocycles. The zero-order valence-electron chi connectivity index (χ0n) is 2.65. The first-order valence-corrected chi connectivity index (χ1v) is 1.08. The van der Waals surface area contributed by atoms with Gasteiger partial charge in [-0.15, -0.1) is 0 Å². The molecular formula is C3H5N. The fourth-order valence-electron chi connectivity index (χ4n) is 0. The average Bonchev–Trinajstić information content (AvgIpc) is 0.811. The standard InChI is InChI=1S/C3H5N/c1-3(2)4/h1H2,2H3. The van der Waals surface area contributed by atoms with Crippen LogP contribution in [-0.4, -0.2) is 5.71 Å². The van der Waals surface area contributed by atoms with Crippen LogP contribution in [0.25, 0.3) is 5.41 Å². The Bertz CT molecular complexity index is 26.3. The number of hydrogen-bond acceptors (Lipinski definition) is 0. The van der Waals surface area contributed by atoms with E-state index in [9.17, 15) is 0 Å². The lowest BCUT2D eigenvalue weighted by molar-refractivity contribution is 1.97. The minimum Gasteiger partial charge on any atom is -0.768 e. The molecule has 0 aromatic carbocycles. The summed E-state index contributed by atoms with van der Waals surface area (Å²) in [7, 11) is 0. The highest BCUT2D eigenvalue weighted by molar-refractivity contribution is 5.88. The second-order valence-corrected chi connectivity index (χ2v) is 0.735. The maximum atomic E-state index is 7.86. The molecule has 0 aliphatic rings. The average molecular weight is 55.1 g/mol. The van der Waals surface area contributed by atoms with E-state index in [0.29, 0.717) is 0 Å². The fraction of sp³-hybridized carbons (Fsp3) is 0.333. The van der Waals surface area contributed by atoms with Gasteiger partial charge in [0.2, 0.25) is 0 Å². The van der Waals surface area contributed by atoms with Crippen LogP contribution in [0.4, 0.5) is 0 Å². The van der Waals surface area contributed by atoms with Crippen molar-refractivity contribution in [1.82, 2.24) is 0 Å². The lowest BCUT2D eigenvalue weighted by Crippen LogP contribution is -1.66. The molecule has 0 bridgehead atoms. The van der Waals surface area contributed by atoms with E-state index in [1.165, 1.54) is 6.92 Å². The van der Waals surface area contributed by atoms with Crippen molar-refractivity contribution in [2.45, 2.75) is 6.92 Å². The molecule has 22 valence electrons. The van der Waals surface area contributed by atoms with Gasteiger partial charge in [-0.25, -0.2) is 0 Å². The first-order chi connectivity index (χ1) is 1.73. The Kier molecular flexibility index (Phi) is 0.826. The van der Waals surface area contributed by atoms with Crippen LogP contribution in [-0.2, 0) is 0 Å². The molecule has 0 rings (SSSR count). The SMILES string of the molecule is [CH2+]C(C)=[N-]. The third-order valence-electron chi connectivity index (χ3n) is 0. The topological polar surface area (TPSA) is 22.3 Å². The van der Waals surface area contributed by atoms with E-state index < -0.39 is 0 Å². The molecule has 4 heavy (non-hydrogen) atoms. The Balaban J connectivity index is 2.80. The quantitative estimate of drug-likeness (QED) is 0.289. The molecule has 0 aromatic heterocycles. The second kappa shape index (κ2) is 0.934. The molecule has 0 atom stereocenters. The summed E-state index contributed by atoms with van der Waals surface area (Å²) in [5, 5.41) is 7.86. The summed E-state index contributed by atoms with van der Waals surface area (Å²) in [4.78, 5) is 0. The van der Waals surface area contributed by atoms with Crippen molar-refractivity contribution in [1.29, 1.82) is 0 Å². The summed E-state index contributed by atoms with van der Waals surface area (Å²) in [6, 6.07) is 0. The molecule has 0 aliphatic heterocycles. The Morgan fingerprint density at radius 2 is 2.00 bits per heavy atom. The van der Waals surface area contributed by atoms with Gasteiger partial charge >= 0.3 is 0 Å². The van der Waals surface area contributed by atoms with Crippen LogP contribution in [0.2, 0.25) is 0 Å². The van der Waals surface area contributed by atoms with E-state index in [1.807, 2.05) is 0 Å². The van der Waals surface area contributed by atoms with Gasteiger partial charge in [-0.3, -0.25) is 0 Å². The van der Waals surface area contributed by atoms with Gasteiger partial charge in [0.25, 0.3) is 0 Å². The van der Waals surface area contributed by atoms with E-state index in [1.54, 1.807) is 0 Å². The van der Waals surface area contributed by atoms with Crippen molar-refractivity contribution >= 4 is 5.71 Å². The maximum Gasteiger partial charge on any atom is 0.0688 e. The van der Waals surface area contributed by atoms with Gasteiger partial charge < -0.3 is 5.41 Å². The van der Waals surface area contributed by atoms with Gasteiger partial charge in [0, 0.05) is 0 Å². The predicted molar refractivity (Wildman–Crippen MR) is 19.4 cm³/mol. The van der Waals surface area contributed by atoms with E-state index in [2.05, 4.69) is 6.92 Å². The summed E-state index contributed by atoms with van der Waals surface area (Å²) in [6.07, 6.45) is 0. The van der Waals surface area contributed by atoms with Gasteiger partial charge in [0.05, 0.1) is 6.92 Å². The monoisotopic (exact) mass is 55.0 g/mol. The van der Waals surface area contributed by atoms with Crippen molar-refractivity contribution < 1.29 is 0 Å². The van der Waals surface area contributed by atoms with Gasteiger partial charge in [0.15, 0.2) is 0 Å². The van der Waals surface area contributed by atoms with Crippen molar-refractivity contribution in [3.8, 4) is 0 Å². The Morgan fingerprint density at radius 3 is 2.00 bits per heavy atom. The second-order valence-electron chi connectivity index (χ2n) is 0.735. The van der Waals surface area contributed by atoms with E-state index in [-0.39, 0.29) is 5.71 Å². The molecule has 0 amide bonds. The molecule has 1 heteroatoms. The molecule has 0 fully saturated rings. The van der Waals surface area contributed by atoms with Gasteiger partial charge in [-0.1, -0.05) is 0 Å². The normalized spacial score (nSPS) is 6.25. The summed E-state index contributed by atoms with van der Waals surface area (Å²) >= 11 is 0. The highest BCUT2D eigenvalue weighted by atomic mass is 14.3. The van der Waals surface area contributed by atoms with Gasteiger partial charge in [-0.05, 0) is 12.6 Å². The van der Waals surface area contributed by atoms with Crippen LogP contribution >= 0.6 is 0 Å². The minimum absolute atomic E-state index is 0.167. The molecule has 0 aromatic rings. The van der Waals surface area contributed by atoms with Crippen LogP contribution in [0.5, 0.6) is 0 Å². The van der Waals surface area contributed by atoms with Crippen LogP contribution in [0, 0.1) is 6.92 Å². The van der Waals surface area contributed by atoms with Crippen molar-refractivity contribution in [2.75, 3.05) is 0 Å². The third-order valence-corrected chi connectivity index (χ3v) is 0. The van der Waals surface area contributed by atoms with Gasteiger partial charge in [-0.2, -0.15) is 0 Å². The molecule has 1 nitrogen and oxygen atoms in total. The molecule has 0 saturated heterocycles. The van der Waals surface area contributed by atoms with Crippen molar-refractivity contribution in [3.05, 3.63) is 12.3 Å². The molecule has 0 radical (unpaired) electrons. The molecule has 0 unspecified atom stereocenters. The van der Waals surface area contributed by atoms with Crippen LogP contribution in [0.15, 0.2) is 0 Å². The van der Waals surface area contributed by atoms with E-state index in [0.717, 1.165) is 0 Å². The molecule has 0 heterocycles. The molecule has 0 N–H and O–H groups in total. The summed E-state index contributed by atoms with van der Waals surface area (Å²) in [6.45, 7) is 4.64. The van der Waals surface area contributed by atoms with Gasteiger partial charge in [0.1, 0.15) is 0 Å².